The number of aromatic nitrogens is 2. The molecule has 2 atom stereocenters. The molecule has 0 aliphatic carbocycles. The maximum absolute atomic E-state index is 13.9. The molecule has 1 aliphatic heterocycles. The molecule has 30 heavy (non-hydrogen) atoms. The van der Waals surface area contributed by atoms with Crippen LogP contribution in [0.1, 0.15) is 24.8 Å². The number of benzene rings is 1. The van der Waals surface area contributed by atoms with Crippen LogP contribution in [0.3, 0.4) is 0 Å². The van der Waals surface area contributed by atoms with Crippen LogP contribution >= 0.6 is 7.37 Å². The Kier molecular flexibility index (Phi) is 6.77. The molecular formula is C20H28FN4O4P. The molecule has 1 aromatic carbocycles. The normalized spacial score (nSPS) is 24.8. The van der Waals surface area contributed by atoms with E-state index in [1.165, 1.54) is 12.1 Å². The van der Waals surface area contributed by atoms with Crippen molar-refractivity contribution in [3.63, 3.8) is 0 Å². The molecule has 0 saturated carbocycles. The van der Waals surface area contributed by atoms with Crippen molar-refractivity contribution in [3.8, 4) is 11.3 Å². The molecule has 1 aliphatic rings. The zero-order valence-corrected chi connectivity index (χ0v) is 17.9. The van der Waals surface area contributed by atoms with E-state index >= 15 is 0 Å². The lowest BCUT2D eigenvalue weighted by Crippen LogP contribution is -2.53. The number of carboxylic acids is 1. The van der Waals surface area contributed by atoms with Crippen LogP contribution in [-0.4, -0.2) is 61.6 Å². The van der Waals surface area contributed by atoms with Gasteiger partial charge in [0.25, 0.3) is 0 Å². The second kappa shape index (κ2) is 8.98. The van der Waals surface area contributed by atoms with Crippen molar-refractivity contribution in [3.05, 3.63) is 41.8 Å². The zero-order valence-electron chi connectivity index (χ0n) is 17.0. The van der Waals surface area contributed by atoms with E-state index < -0.39 is 18.5 Å². The molecule has 8 nitrogen and oxygen atoms in total. The first kappa shape index (κ1) is 22.6. The van der Waals surface area contributed by atoms with Crippen LogP contribution in [0, 0.1) is 5.82 Å². The van der Waals surface area contributed by atoms with E-state index in [2.05, 4.69) is 5.10 Å². The largest absolute Gasteiger partial charge is 0.480 e. The van der Waals surface area contributed by atoms with Gasteiger partial charge in [-0.1, -0.05) is 12.5 Å². The smallest absolute Gasteiger partial charge is 0.320 e. The molecule has 1 fully saturated rings. The number of rotatable bonds is 8. The van der Waals surface area contributed by atoms with E-state index in [1.807, 2.05) is 4.90 Å². The third-order valence-corrected chi connectivity index (χ3v) is 8.47. The van der Waals surface area contributed by atoms with Gasteiger partial charge in [-0.3, -0.25) is 18.9 Å². The summed E-state index contributed by atoms with van der Waals surface area (Å²) in [4.78, 5) is 24.6. The fourth-order valence-electron chi connectivity index (χ4n) is 4.05. The van der Waals surface area contributed by atoms with E-state index in [4.69, 9.17) is 5.73 Å². The molecule has 4 N–H and O–H groups in total. The van der Waals surface area contributed by atoms with Gasteiger partial charge in [-0.2, -0.15) is 5.10 Å². The van der Waals surface area contributed by atoms with Crippen LogP contribution in [0.2, 0.25) is 0 Å². The molecule has 0 spiro atoms. The van der Waals surface area contributed by atoms with Gasteiger partial charge >= 0.3 is 5.97 Å². The predicted octanol–water partition coefficient (Wildman–Crippen LogP) is 2.26. The molecule has 0 amide bonds. The SMILES string of the molecule is Cn1ccc(-c2cc(F)ccc2CN2CCP(=O)(O)[C@](CCCCN)(C(=O)O)C2)n1. The Morgan fingerprint density at radius 3 is 2.77 bits per heavy atom. The first-order chi connectivity index (χ1) is 14.2. The molecule has 1 aromatic heterocycles. The quantitative estimate of drug-likeness (QED) is 0.427. The monoisotopic (exact) mass is 438 g/mol. The highest BCUT2D eigenvalue weighted by molar-refractivity contribution is 7.61. The summed E-state index contributed by atoms with van der Waals surface area (Å²) >= 11 is 0. The van der Waals surface area contributed by atoms with E-state index in [0.29, 0.717) is 43.7 Å². The summed E-state index contributed by atoms with van der Waals surface area (Å²) in [5.74, 6) is -1.64. The molecule has 3 rings (SSSR count). The summed E-state index contributed by atoms with van der Waals surface area (Å²) in [6.07, 6.45) is 2.83. The molecule has 0 bridgehead atoms. The number of carbonyl (C=O) groups is 1. The summed E-state index contributed by atoms with van der Waals surface area (Å²) in [5, 5.41) is 12.6. The second-order valence-electron chi connectivity index (χ2n) is 7.89. The minimum Gasteiger partial charge on any atom is -0.480 e. The number of nitrogens with zero attached hydrogens (tertiary/aromatic N) is 3. The highest BCUT2D eigenvalue weighted by Gasteiger charge is 2.56. The van der Waals surface area contributed by atoms with Crippen LogP contribution in [0.4, 0.5) is 4.39 Å². The standard InChI is InChI=1S/C20H28FN4O4P/c1-24-9-6-18(23-24)17-12-16(21)5-4-15(17)13-25-10-11-30(28,29)20(14-25,19(26)27)7-2-3-8-22/h4-6,9,12H,2-3,7-8,10-11,13-14,22H2,1H3,(H,26,27)(H,28,29)/t20-/m0/s1. The van der Waals surface area contributed by atoms with Gasteiger partial charge in [0.1, 0.15) is 5.82 Å². The predicted molar refractivity (Wildman–Crippen MR) is 112 cm³/mol. The number of aryl methyl sites for hydroxylation is 1. The summed E-state index contributed by atoms with van der Waals surface area (Å²) in [6, 6.07) is 6.20. The van der Waals surface area contributed by atoms with Crippen molar-refractivity contribution in [2.24, 2.45) is 12.8 Å². The number of unbranched alkanes of at least 4 members (excludes halogenated alkanes) is 1. The Balaban J connectivity index is 1.89. The van der Waals surface area contributed by atoms with Gasteiger partial charge in [0, 0.05) is 44.6 Å². The van der Waals surface area contributed by atoms with E-state index in [0.717, 1.165) is 5.56 Å². The van der Waals surface area contributed by atoms with Gasteiger partial charge in [0.2, 0.25) is 7.37 Å². The van der Waals surface area contributed by atoms with E-state index in [1.54, 1.807) is 30.1 Å². The molecule has 1 unspecified atom stereocenters. The van der Waals surface area contributed by atoms with Gasteiger partial charge < -0.3 is 15.7 Å². The van der Waals surface area contributed by atoms with Gasteiger partial charge in [-0.25, -0.2) is 4.39 Å². The number of hydrogen-bond acceptors (Lipinski definition) is 5. The molecule has 2 heterocycles. The van der Waals surface area contributed by atoms with E-state index in [-0.39, 0.29) is 24.9 Å². The number of aliphatic carboxylic acids is 1. The first-order valence-electron chi connectivity index (χ1n) is 9.95. The maximum Gasteiger partial charge on any atom is 0.320 e. The lowest BCUT2D eigenvalue weighted by Gasteiger charge is -2.43. The fraction of sp³-hybridized carbons (Fsp3) is 0.500. The Morgan fingerprint density at radius 2 is 2.13 bits per heavy atom. The van der Waals surface area contributed by atoms with Gasteiger partial charge in [0.15, 0.2) is 5.16 Å². The lowest BCUT2D eigenvalue weighted by molar-refractivity contribution is -0.141. The molecule has 1 saturated heterocycles. The van der Waals surface area contributed by atoms with Crippen molar-refractivity contribution < 1.29 is 23.7 Å². The summed E-state index contributed by atoms with van der Waals surface area (Å²) < 4.78 is 28.5. The molecule has 0 radical (unpaired) electrons. The second-order valence-corrected chi connectivity index (χ2v) is 10.6. The maximum atomic E-state index is 13.9. The minimum atomic E-state index is -3.90. The summed E-state index contributed by atoms with van der Waals surface area (Å²) in [6.45, 7) is 0.981. The first-order valence-corrected chi connectivity index (χ1v) is 11.8. The number of nitrogens with two attached hydrogens (primary N) is 1. The number of hydrogen-bond donors (Lipinski definition) is 3. The van der Waals surface area contributed by atoms with Crippen LogP contribution in [-0.2, 0) is 23.0 Å². The molecule has 10 heteroatoms. The minimum absolute atomic E-state index is 0.0419. The zero-order chi connectivity index (χ0) is 21.9. The third kappa shape index (κ3) is 4.49. The lowest BCUT2D eigenvalue weighted by atomic mass is 9.98. The average molecular weight is 438 g/mol. The Labute approximate surface area is 174 Å². The van der Waals surface area contributed by atoms with Crippen LogP contribution in [0.15, 0.2) is 30.5 Å². The van der Waals surface area contributed by atoms with Gasteiger partial charge in [0.05, 0.1) is 5.69 Å². The van der Waals surface area contributed by atoms with Gasteiger partial charge in [-0.05, 0) is 43.1 Å². The molecule has 2 aromatic rings. The number of carboxylic acid groups (broad SMARTS) is 1. The van der Waals surface area contributed by atoms with Crippen LogP contribution in [0.25, 0.3) is 11.3 Å². The summed E-state index contributed by atoms with van der Waals surface area (Å²) in [5.41, 5.74) is 7.54. The third-order valence-electron chi connectivity index (χ3n) is 5.77. The van der Waals surface area contributed by atoms with Crippen molar-refractivity contribution in [2.75, 3.05) is 25.8 Å². The van der Waals surface area contributed by atoms with Crippen LogP contribution < -0.4 is 5.73 Å². The van der Waals surface area contributed by atoms with Crippen molar-refractivity contribution >= 4 is 13.3 Å². The highest BCUT2D eigenvalue weighted by atomic mass is 31.2. The van der Waals surface area contributed by atoms with E-state index in [9.17, 15) is 23.7 Å². The highest BCUT2D eigenvalue weighted by Crippen LogP contribution is 2.59. The Morgan fingerprint density at radius 1 is 1.37 bits per heavy atom. The fourth-order valence-corrected chi connectivity index (χ4v) is 6.26. The average Bonchev–Trinajstić information content (AvgIpc) is 3.11. The Bertz CT molecular complexity index is 966. The topological polar surface area (TPSA) is 122 Å². The summed E-state index contributed by atoms with van der Waals surface area (Å²) in [7, 11) is -2.13. The molecular weight excluding hydrogens is 410 g/mol. The van der Waals surface area contributed by atoms with Crippen molar-refractivity contribution in [1.29, 1.82) is 0 Å². The van der Waals surface area contributed by atoms with Crippen molar-refractivity contribution in [2.45, 2.75) is 31.0 Å². The van der Waals surface area contributed by atoms with Crippen molar-refractivity contribution in [1.82, 2.24) is 14.7 Å². The molecule has 164 valence electrons. The number of halogens is 1. The van der Waals surface area contributed by atoms with Crippen LogP contribution in [0.5, 0.6) is 0 Å². The Hall–Kier alpha value is -2.06. The van der Waals surface area contributed by atoms with Gasteiger partial charge in [-0.15, -0.1) is 0 Å².